The van der Waals surface area contributed by atoms with Crippen molar-refractivity contribution in [3.63, 3.8) is 0 Å². The van der Waals surface area contributed by atoms with Crippen molar-refractivity contribution < 1.29 is 14.3 Å². The van der Waals surface area contributed by atoms with Crippen molar-refractivity contribution in [3.8, 4) is 0 Å². The third-order valence-electron chi connectivity index (χ3n) is 4.57. The number of ether oxygens (including phenoxy) is 1. The lowest BCUT2D eigenvalue weighted by molar-refractivity contribution is -0.144. The van der Waals surface area contributed by atoms with Crippen LogP contribution in [0, 0.1) is 5.41 Å². The van der Waals surface area contributed by atoms with Gasteiger partial charge in [-0.15, -0.1) is 0 Å². The van der Waals surface area contributed by atoms with Crippen LogP contribution in [0.2, 0.25) is 0 Å². The number of carbonyl (C=O) groups excluding carboxylic acids is 2. The van der Waals surface area contributed by atoms with Gasteiger partial charge in [-0.25, -0.2) is 0 Å². The zero-order chi connectivity index (χ0) is 16.3. The Labute approximate surface area is 127 Å². The fourth-order valence-electron chi connectivity index (χ4n) is 2.30. The molecule has 1 heterocycles. The van der Waals surface area contributed by atoms with E-state index < -0.39 is 11.0 Å². The first-order valence-corrected chi connectivity index (χ1v) is 7.46. The lowest BCUT2D eigenvalue weighted by Gasteiger charge is -2.42. The fourth-order valence-corrected chi connectivity index (χ4v) is 2.30. The second kappa shape index (κ2) is 6.75. The summed E-state index contributed by atoms with van der Waals surface area (Å²) in [6.07, 6.45) is 1.53. The van der Waals surface area contributed by atoms with Gasteiger partial charge in [0.05, 0.1) is 5.41 Å². The Morgan fingerprint density at radius 1 is 1.24 bits per heavy atom. The van der Waals surface area contributed by atoms with E-state index in [0.717, 1.165) is 12.8 Å². The van der Waals surface area contributed by atoms with Gasteiger partial charge in [-0.05, 0) is 40.5 Å². The van der Waals surface area contributed by atoms with Gasteiger partial charge in [-0.2, -0.15) is 0 Å². The number of hydrogen-bond donors (Lipinski definition) is 2. The molecule has 1 fully saturated rings. The summed E-state index contributed by atoms with van der Waals surface area (Å²) in [7, 11) is 1.50. The largest absolute Gasteiger partial charge is 0.375 e. The van der Waals surface area contributed by atoms with Gasteiger partial charge in [0.15, 0.2) is 0 Å². The lowest BCUT2D eigenvalue weighted by atomic mass is 9.74. The molecule has 3 N–H and O–H groups in total. The molecule has 1 saturated heterocycles. The van der Waals surface area contributed by atoms with Crippen LogP contribution in [0.5, 0.6) is 0 Å². The minimum absolute atomic E-state index is 0.0769. The van der Waals surface area contributed by atoms with Crippen molar-refractivity contribution in [2.75, 3.05) is 26.8 Å². The van der Waals surface area contributed by atoms with E-state index in [1.807, 2.05) is 32.6 Å². The molecule has 6 heteroatoms. The first-order chi connectivity index (χ1) is 9.59. The SMILES string of the molecule is COCC(=O)NC1CCN(C(=O)C(C)(C)C(C)(C)N)CC1. The van der Waals surface area contributed by atoms with Gasteiger partial charge in [-0.3, -0.25) is 9.59 Å². The zero-order valence-electron chi connectivity index (χ0n) is 13.9. The quantitative estimate of drug-likeness (QED) is 0.774. The van der Waals surface area contributed by atoms with Crippen molar-refractivity contribution in [2.45, 2.75) is 52.1 Å². The number of piperidine rings is 1. The first kappa shape index (κ1) is 17.9. The molecule has 0 atom stereocenters. The van der Waals surface area contributed by atoms with Crippen LogP contribution in [0.25, 0.3) is 0 Å². The molecule has 21 heavy (non-hydrogen) atoms. The minimum atomic E-state index is -0.612. The Balaban J connectivity index is 2.53. The molecular formula is C15H29N3O3. The predicted octanol–water partition coefficient (Wildman–Crippen LogP) is 0.504. The molecule has 6 nitrogen and oxygen atoms in total. The summed E-state index contributed by atoms with van der Waals surface area (Å²) in [6.45, 7) is 8.91. The van der Waals surface area contributed by atoms with Crippen LogP contribution in [0.3, 0.4) is 0 Å². The molecule has 2 amide bonds. The number of hydrogen-bond acceptors (Lipinski definition) is 4. The molecule has 1 aliphatic heterocycles. The predicted molar refractivity (Wildman–Crippen MR) is 81.7 cm³/mol. The van der Waals surface area contributed by atoms with Crippen molar-refractivity contribution in [1.82, 2.24) is 10.2 Å². The Kier molecular flexibility index (Phi) is 5.75. The summed E-state index contributed by atoms with van der Waals surface area (Å²) in [4.78, 5) is 26.0. The Bertz CT molecular complexity index is 380. The summed E-state index contributed by atoms with van der Waals surface area (Å²) in [5.74, 6) is -0.0256. The molecule has 0 radical (unpaired) electrons. The number of nitrogens with two attached hydrogens (primary N) is 1. The van der Waals surface area contributed by atoms with E-state index in [9.17, 15) is 9.59 Å². The van der Waals surface area contributed by atoms with Gasteiger partial charge in [0.2, 0.25) is 11.8 Å². The molecule has 0 bridgehead atoms. The minimum Gasteiger partial charge on any atom is -0.375 e. The van der Waals surface area contributed by atoms with Crippen LogP contribution >= 0.6 is 0 Å². The Morgan fingerprint density at radius 2 is 1.76 bits per heavy atom. The van der Waals surface area contributed by atoms with Crippen molar-refractivity contribution in [2.24, 2.45) is 11.1 Å². The first-order valence-electron chi connectivity index (χ1n) is 7.46. The third kappa shape index (κ3) is 4.41. The molecule has 0 saturated carbocycles. The maximum atomic E-state index is 12.6. The van der Waals surface area contributed by atoms with E-state index in [0.29, 0.717) is 13.1 Å². The van der Waals surface area contributed by atoms with Gasteiger partial charge in [0.25, 0.3) is 0 Å². The summed E-state index contributed by atoms with van der Waals surface area (Å²) in [5, 5.41) is 2.92. The van der Waals surface area contributed by atoms with Crippen LogP contribution < -0.4 is 11.1 Å². The summed E-state index contributed by atoms with van der Waals surface area (Å²) >= 11 is 0. The normalized spacial score (nSPS) is 17.7. The van der Waals surface area contributed by atoms with E-state index >= 15 is 0 Å². The molecule has 122 valence electrons. The van der Waals surface area contributed by atoms with E-state index in [2.05, 4.69) is 5.32 Å². The highest BCUT2D eigenvalue weighted by Crippen LogP contribution is 2.31. The molecule has 0 unspecified atom stereocenters. The number of likely N-dealkylation sites (tertiary alicyclic amines) is 1. The third-order valence-corrected chi connectivity index (χ3v) is 4.57. The van der Waals surface area contributed by atoms with Gasteiger partial charge in [0.1, 0.15) is 6.61 Å². The number of carbonyl (C=O) groups is 2. The molecular weight excluding hydrogens is 270 g/mol. The molecule has 0 aliphatic carbocycles. The van der Waals surface area contributed by atoms with Crippen LogP contribution in [0.4, 0.5) is 0 Å². The number of nitrogens with zero attached hydrogens (tertiary/aromatic N) is 1. The Morgan fingerprint density at radius 3 is 2.19 bits per heavy atom. The molecule has 0 aromatic rings. The maximum Gasteiger partial charge on any atom is 0.246 e. The van der Waals surface area contributed by atoms with Crippen LogP contribution in [0.15, 0.2) is 0 Å². The molecule has 0 aromatic carbocycles. The van der Waals surface area contributed by atoms with Crippen LogP contribution in [0.1, 0.15) is 40.5 Å². The molecule has 0 aromatic heterocycles. The van der Waals surface area contributed by atoms with Crippen LogP contribution in [-0.4, -0.2) is 55.1 Å². The Hall–Kier alpha value is -1.14. The number of amides is 2. The monoisotopic (exact) mass is 299 g/mol. The fraction of sp³-hybridized carbons (Fsp3) is 0.867. The second-order valence-electron chi connectivity index (χ2n) is 6.91. The summed E-state index contributed by atoms with van der Waals surface area (Å²) < 4.78 is 4.80. The molecule has 1 rings (SSSR count). The highest BCUT2D eigenvalue weighted by atomic mass is 16.5. The smallest absolute Gasteiger partial charge is 0.246 e. The van der Waals surface area contributed by atoms with Gasteiger partial charge in [-0.1, -0.05) is 0 Å². The number of nitrogens with one attached hydrogen (secondary N) is 1. The molecule has 1 aliphatic rings. The summed E-state index contributed by atoms with van der Waals surface area (Å²) in [5.41, 5.74) is 4.94. The van der Waals surface area contributed by atoms with Gasteiger partial charge >= 0.3 is 0 Å². The van der Waals surface area contributed by atoms with Crippen molar-refractivity contribution >= 4 is 11.8 Å². The highest BCUT2D eigenvalue weighted by molar-refractivity contribution is 5.83. The average Bonchev–Trinajstić information content (AvgIpc) is 2.37. The standard InChI is InChI=1S/C15H29N3O3/c1-14(2,15(3,4)16)13(20)18-8-6-11(7-9-18)17-12(19)10-21-5/h11H,6-10,16H2,1-5H3,(H,17,19). The lowest BCUT2D eigenvalue weighted by Crippen LogP contribution is -2.58. The van der Waals surface area contributed by atoms with E-state index in [4.69, 9.17) is 10.5 Å². The second-order valence-corrected chi connectivity index (χ2v) is 6.91. The van der Waals surface area contributed by atoms with Crippen molar-refractivity contribution in [1.29, 1.82) is 0 Å². The molecule has 0 spiro atoms. The van der Waals surface area contributed by atoms with Crippen LogP contribution in [-0.2, 0) is 14.3 Å². The average molecular weight is 299 g/mol. The number of methoxy groups -OCH3 is 1. The van der Waals surface area contributed by atoms with E-state index in [1.54, 1.807) is 0 Å². The number of rotatable bonds is 5. The van der Waals surface area contributed by atoms with E-state index in [1.165, 1.54) is 7.11 Å². The van der Waals surface area contributed by atoms with Gasteiger partial charge < -0.3 is 20.7 Å². The van der Waals surface area contributed by atoms with E-state index in [-0.39, 0.29) is 24.5 Å². The maximum absolute atomic E-state index is 12.6. The zero-order valence-corrected chi connectivity index (χ0v) is 13.9. The van der Waals surface area contributed by atoms with Gasteiger partial charge in [0, 0.05) is 31.8 Å². The summed E-state index contributed by atoms with van der Waals surface area (Å²) in [6, 6.07) is 0.116. The topological polar surface area (TPSA) is 84.7 Å². The highest BCUT2D eigenvalue weighted by Gasteiger charge is 2.43. The van der Waals surface area contributed by atoms with Crippen molar-refractivity contribution in [3.05, 3.63) is 0 Å².